The predicted molar refractivity (Wildman–Crippen MR) is 101 cm³/mol. The lowest BCUT2D eigenvalue weighted by Crippen LogP contribution is -3.16. The summed E-state index contributed by atoms with van der Waals surface area (Å²) in [4.78, 5) is 13.7. The average Bonchev–Trinajstić information content (AvgIpc) is 2.67. The quantitative estimate of drug-likeness (QED) is 0.650. The van der Waals surface area contributed by atoms with Gasteiger partial charge in [0.05, 0.1) is 31.1 Å². The Morgan fingerprint density at radius 3 is 2.31 bits per heavy atom. The first-order chi connectivity index (χ1) is 12.4. The van der Waals surface area contributed by atoms with E-state index in [1.807, 2.05) is 13.8 Å². The highest BCUT2D eigenvalue weighted by atomic mass is 32.2. The molecule has 0 unspecified atom stereocenters. The van der Waals surface area contributed by atoms with E-state index >= 15 is 0 Å². The maximum absolute atomic E-state index is 12.6. The Balaban J connectivity index is 1.91. The first-order valence-electron chi connectivity index (χ1n) is 9.04. The van der Waals surface area contributed by atoms with E-state index in [1.165, 1.54) is 4.31 Å². The lowest BCUT2D eigenvalue weighted by Gasteiger charge is -2.32. The fourth-order valence-corrected chi connectivity index (χ4v) is 4.63. The smallest absolute Gasteiger partial charge is 0.276 e. The Kier molecular flexibility index (Phi) is 6.81. The van der Waals surface area contributed by atoms with Crippen LogP contribution in [0.3, 0.4) is 0 Å². The fourth-order valence-electron chi connectivity index (χ4n) is 3.17. The van der Waals surface area contributed by atoms with Gasteiger partial charge in [0.15, 0.2) is 6.54 Å². The van der Waals surface area contributed by atoms with E-state index in [2.05, 4.69) is 11.2 Å². The summed E-state index contributed by atoms with van der Waals surface area (Å²) in [6, 6.07) is 8.45. The van der Waals surface area contributed by atoms with E-state index < -0.39 is 15.6 Å². The number of amides is 1. The molecule has 1 aliphatic heterocycles. The topological polar surface area (TPSA) is 70.9 Å². The third kappa shape index (κ3) is 4.64. The van der Waals surface area contributed by atoms with E-state index in [0.717, 1.165) is 4.90 Å². The molecule has 1 heterocycles. The molecule has 2 rings (SSSR count). The van der Waals surface area contributed by atoms with Crippen LogP contribution >= 0.6 is 0 Å². The van der Waals surface area contributed by atoms with E-state index in [9.17, 15) is 13.2 Å². The van der Waals surface area contributed by atoms with E-state index in [1.54, 1.807) is 30.3 Å². The Labute approximate surface area is 156 Å². The number of rotatable bonds is 7. The van der Waals surface area contributed by atoms with E-state index in [-0.39, 0.29) is 5.91 Å². The molecule has 1 aromatic rings. The molecule has 1 fully saturated rings. The molecule has 0 saturated carbocycles. The summed E-state index contributed by atoms with van der Waals surface area (Å²) in [5.74, 6) is 2.62. The number of hydrogen-bond donors (Lipinski definition) is 2. The van der Waals surface area contributed by atoms with Gasteiger partial charge in [0.1, 0.15) is 5.54 Å². The van der Waals surface area contributed by atoms with Gasteiger partial charge in [-0.1, -0.05) is 38.0 Å². The minimum atomic E-state index is -3.46. The summed E-state index contributed by atoms with van der Waals surface area (Å²) >= 11 is 0. The SMILES string of the molecule is C#CC(CC)(CC)NC(=O)C[NH+]1CCN(S(=O)(=O)c2ccccc2)CC1. The van der Waals surface area contributed by atoms with Gasteiger partial charge in [-0.15, -0.1) is 6.42 Å². The highest BCUT2D eigenvalue weighted by Crippen LogP contribution is 2.15. The summed E-state index contributed by atoms with van der Waals surface area (Å²) in [6.45, 7) is 6.24. The van der Waals surface area contributed by atoms with Crippen LogP contribution in [-0.2, 0) is 14.8 Å². The van der Waals surface area contributed by atoms with Crippen molar-refractivity contribution in [3.8, 4) is 12.3 Å². The maximum atomic E-state index is 12.6. The van der Waals surface area contributed by atoms with Crippen LogP contribution in [0.25, 0.3) is 0 Å². The van der Waals surface area contributed by atoms with Gasteiger partial charge < -0.3 is 10.2 Å². The van der Waals surface area contributed by atoms with Gasteiger partial charge in [0, 0.05) is 0 Å². The first kappa shape index (κ1) is 20.4. The van der Waals surface area contributed by atoms with Gasteiger partial charge in [0.25, 0.3) is 5.91 Å². The molecular formula is C19H28N3O3S+. The predicted octanol–water partition coefficient (Wildman–Crippen LogP) is -0.116. The van der Waals surface area contributed by atoms with Crippen molar-refractivity contribution < 1.29 is 18.1 Å². The zero-order chi connectivity index (χ0) is 19.2. The van der Waals surface area contributed by atoms with Gasteiger partial charge in [-0.2, -0.15) is 4.31 Å². The molecule has 0 bridgehead atoms. The van der Waals surface area contributed by atoms with Crippen LogP contribution < -0.4 is 10.2 Å². The molecule has 1 amide bonds. The number of piperazine rings is 1. The summed E-state index contributed by atoms with van der Waals surface area (Å²) < 4.78 is 26.8. The van der Waals surface area contributed by atoms with E-state index in [0.29, 0.717) is 50.5 Å². The van der Waals surface area contributed by atoms with Gasteiger partial charge >= 0.3 is 0 Å². The van der Waals surface area contributed by atoms with Crippen LogP contribution in [0.4, 0.5) is 0 Å². The number of terminal acetylenes is 1. The number of quaternary nitrogens is 1. The number of nitrogens with zero attached hydrogens (tertiary/aromatic N) is 1. The molecule has 1 aliphatic rings. The summed E-state index contributed by atoms with van der Waals surface area (Å²) in [6.07, 6.45) is 6.96. The molecule has 0 atom stereocenters. The molecule has 1 saturated heterocycles. The Morgan fingerprint density at radius 2 is 1.81 bits per heavy atom. The van der Waals surface area contributed by atoms with Crippen molar-refractivity contribution in [2.45, 2.75) is 37.1 Å². The molecule has 2 N–H and O–H groups in total. The van der Waals surface area contributed by atoms with Gasteiger partial charge in [0.2, 0.25) is 10.0 Å². The van der Waals surface area contributed by atoms with Crippen LogP contribution in [0.1, 0.15) is 26.7 Å². The lowest BCUT2D eigenvalue weighted by molar-refractivity contribution is -0.895. The molecule has 26 heavy (non-hydrogen) atoms. The minimum absolute atomic E-state index is 0.0824. The lowest BCUT2D eigenvalue weighted by atomic mass is 9.94. The van der Waals surface area contributed by atoms with Crippen molar-refractivity contribution in [2.24, 2.45) is 0 Å². The molecule has 0 aromatic heterocycles. The number of sulfonamides is 1. The van der Waals surface area contributed by atoms with Crippen molar-refractivity contribution >= 4 is 15.9 Å². The van der Waals surface area contributed by atoms with Crippen LogP contribution in [0.15, 0.2) is 35.2 Å². The van der Waals surface area contributed by atoms with Crippen molar-refractivity contribution in [1.29, 1.82) is 0 Å². The second kappa shape index (κ2) is 8.67. The van der Waals surface area contributed by atoms with Crippen molar-refractivity contribution in [3.63, 3.8) is 0 Å². The normalized spacial score (nSPS) is 16.8. The number of benzene rings is 1. The standard InChI is InChI=1S/C19H27N3O3S/c1-4-19(5-2,6-3)20-18(23)16-21-12-14-22(15-13-21)26(24,25)17-10-8-7-9-11-17/h1,7-11H,5-6,12-16H2,2-3H3,(H,20,23)/p+1. The molecule has 6 nitrogen and oxygen atoms in total. The molecule has 142 valence electrons. The summed E-state index contributed by atoms with van der Waals surface area (Å²) in [7, 11) is -3.46. The van der Waals surface area contributed by atoms with Crippen molar-refractivity contribution in [3.05, 3.63) is 30.3 Å². The van der Waals surface area contributed by atoms with Crippen molar-refractivity contribution in [1.82, 2.24) is 9.62 Å². The first-order valence-corrected chi connectivity index (χ1v) is 10.5. The molecule has 0 radical (unpaired) electrons. The number of hydrogen-bond acceptors (Lipinski definition) is 3. The average molecular weight is 379 g/mol. The molecule has 7 heteroatoms. The third-order valence-electron chi connectivity index (χ3n) is 5.08. The van der Waals surface area contributed by atoms with Crippen LogP contribution in [-0.4, -0.2) is 56.9 Å². The second-order valence-electron chi connectivity index (χ2n) is 6.63. The highest BCUT2D eigenvalue weighted by molar-refractivity contribution is 7.89. The van der Waals surface area contributed by atoms with Crippen molar-refractivity contribution in [2.75, 3.05) is 32.7 Å². The molecule has 1 aromatic carbocycles. The zero-order valence-electron chi connectivity index (χ0n) is 15.5. The largest absolute Gasteiger partial charge is 0.335 e. The van der Waals surface area contributed by atoms with Gasteiger partial charge in [-0.05, 0) is 25.0 Å². The fraction of sp³-hybridized carbons (Fsp3) is 0.526. The van der Waals surface area contributed by atoms with E-state index in [4.69, 9.17) is 6.42 Å². The Hall–Kier alpha value is -1.88. The summed E-state index contributed by atoms with van der Waals surface area (Å²) in [5.41, 5.74) is -0.588. The zero-order valence-corrected chi connectivity index (χ0v) is 16.3. The highest BCUT2D eigenvalue weighted by Gasteiger charge is 2.32. The molecule has 0 spiro atoms. The minimum Gasteiger partial charge on any atom is -0.335 e. The molecular weight excluding hydrogens is 350 g/mol. The summed E-state index contributed by atoms with van der Waals surface area (Å²) in [5, 5.41) is 2.97. The third-order valence-corrected chi connectivity index (χ3v) is 7.00. The number of carbonyl (C=O) groups is 1. The Bertz CT molecular complexity index is 744. The number of nitrogens with one attached hydrogen (secondary N) is 2. The van der Waals surface area contributed by atoms with Crippen LogP contribution in [0, 0.1) is 12.3 Å². The second-order valence-corrected chi connectivity index (χ2v) is 8.56. The van der Waals surface area contributed by atoms with Crippen LogP contribution in [0.2, 0.25) is 0 Å². The Morgan fingerprint density at radius 1 is 1.23 bits per heavy atom. The number of carbonyl (C=O) groups excluding carboxylic acids is 1. The monoisotopic (exact) mass is 378 g/mol. The van der Waals surface area contributed by atoms with Crippen LogP contribution in [0.5, 0.6) is 0 Å². The molecule has 0 aliphatic carbocycles. The van der Waals surface area contributed by atoms with Gasteiger partial charge in [-0.3, -0.25) is 4.79 Å². The van der Waals surface area contributed by atoms with Gasteiger partial charge in [-0.25, -0.2) is 8.42 Å². The maximum Gasteiger partial charge on any atom is 0.276 e.